The van der Waals surface area contributed by atoms with E-state index in [-0.39, 0.29) is 5.82 Å². The summed E-state index contributed by atoms with van der Waals surface area (Å²) in [4.78, 5) is 8.02. The standard InChI is InChI=1S/C22H27FN2O/c1-4-5-6-7-18-14-24-22(21-20(18)15(2)16(3)25-21)26-13-12-17-8-10-19(23)11-9-17/h8-11,14,25H,4-7,12-13H2,1-3H3. The van der Waals surface area contributed by atoms with Crippen LogP contribution in [0.3, 0.4) is 0 Å². The van der Waals surface area contributed by atoms with Gasteiger partial charge in [0.2, 0.25) is 5.88 Å². The summed E-state index contributed by atoms with van der Waals surface area (Å²) >= 11 is 0. The molecule has 1 aromatic carbocycles. The molecule has 1 N–H and O–H groups in total. The number of aromatic amines is 1. The molecule has 0 aliphatic rings. The van der Waals surface area contributed by atoms with Crippen LogP contribution in [-0.2, 0) is 12.8 Å². The van der Waals surface area contributed by atoms with Crippen LogP contribution < -0.4 is 4.74 Å². The number of nitrogens with zero attached hydrogens (tertiary/aromatic N) is 1. The first-order valence-corrected chi connectivity index (χ1v) is 9.44. The number of H-pyrrole nitrogens is 1. The second-order valence-corrected chi connectivity index (χ2v) is 6.90. The van der Waals surface area contributed by atoms with Crippen molar-refractivity contribution in [2.75, 3.05) is 6.61 Å². The molecular weight excluding hydrogens is 327 g/mol. The lowest BCUT2D eigenvalue weighted by Crippen LogP contribution is -2.04. The van der Waals surface area contributed by atoms with E-state index in [1.807, 2.05) is 6.20 Å². The van der Waals surface area contributed by atoms with E-state index in [9.17, 15) is 4.39 Å². The first-order chi connectivity index (χ1) is 12.6. The monoisotopic (exact) mass is 354 g/mol. The third-order valence-corrected chi connectivity index (χ3v) is 4.97. The summed E-state index contributed by atoms with van der Waals surface area (Å²) in [6.45, 7) is 6.98. The minimum atomic E-state index is -0.214. The quantitative estimate of drug-likeness (QED) is 0.529. The van der Waals surface area contributed by atoms with Crippen LogP contribution in [0.4, 0.5) is 4.39 Å². The minimum Gasteiger partial charge on any atom is -0.476 e. The molecule has 0 amide bonds. The molecule has 0 radical (unpaired) electrons. The van der Waals surface area contributed by atoms with Gasteiger partial charge in [0.15, 0.2) is 0 Å². The van der Waals surface area contributed by atoms with Gasteiger partial charge in [-0.15, -0.1) is 0 Å². The molecule has 3 aromatic rings. The molecule has 4 heteroatoms. The highest BCUT2D eigenvalue weighted by atomic mass is 19.1. The Labute approximate surface area is 154 Å². The summed E-state index contributed by atoms with van der Waals surface area (Å²) in [7, 11) is 0. The first kappa shape index (κ1) is 18.4. The molecule has 0 unspecified atom stereocenters. The fraction of sp³-hybridized carbons (Fsp3) is 0.409. The minimum absolute atomic E-state index is 0.214. The SMILES string of the molecule is CCCCCc1cnc(OCCc2ccc(F)cc2)c2[nH]c(C)c(C)c12. The van der Waals surface area contributed by atoms with Crippen LogP contribution in [0, 0.1) is 19.7 Å². The number of fused-ring (bicyclic) bond motifs is 1. The highest BCUT2D eigenvalue weighted by Crippen LogP contribution is 2.31. The lowest BCUT2D eigenvalue weighted by Gasteiger charge is -2.10. The summed E-state index contributed by atoms with van der Waals surface area (Å²) in [5.74, 6) is 0.437. The number of aryl methyl sites for hydroxylation is 3. The van der Waals surface area contributed by atoms with E-state index in [1.165, 1.54) is 47.9 Å². The highest BCUT2D eigenvalue weighted by Gasteiger charge is 2.15. The molecular formula is C22H27FN2O. The zero-order chi connectivity index (χ0) is 18.5. The molecule has 0 fully saturated rings. The topological polar surface area (TPSA) is 37.9 Å². The van der Waals surface area contributed by atoms with E-state index < -0.39 is 0 Å². The van der Waals surface area contributed by atoms with E-state index in [4.69, 9.17) is 4.74 Å². The van der Waals surface area contributed by atoms with Crippen molar-refractivity contribution in [3.05, 3.63) is 58.7 Å². The number of hydrogen-bond acceptors (Lipinski definition) is 2. The van der Waals surface area contributed by atoms with Crippen molar-refractivity contribution in [1.29, 1.82) is 0 Å². The van der Waals surface area contributed by atoms with Crippen LogP contribution in [0.5, 0.6) is 5.88 Å². The molecule has 138 valence electrons. The van der Waals surface area contributed by atoms with Gasteiger partial charge in [0.25, 0.3) is 0 Å². The Morgan fingerprint density at radius 1 is 1.08 bits per heavy atom. The van der Waals surface area contributed by atoms with Gasteiger partial charge in [-0.2, -0.15) is 0 Å². The van der Waals surface area contributed by atoms with Gasteiger partial charge in [-0.1, -0.05) is 31.9 Å². The number of ether oxygens (including phenoxy) is 1. The van der Waals surface area contributed by atoms with Crippen LogP contribution in [0.2, 0.25) is 0 Å². The smallest absolute Gasteiger partial charge is 0.238 e. The molecule has 2 aromatic heterocycles. The van der Waals surface area contributed by atoms with Gasteiger partial charge in [0.1, 0.15) is 11.3 Å². The van der Waals surface area contributed by atoms with Gasteiger partial charge in [-0.3, -0.25) is 0 Å². The molecule has 2 heterocycles. The first-order valence-electron chi connectivity index (χ1n) is 9.44. The predicted octanol–water partition coefficient (Wildman–Crippen LogP) is 5.67. The Hall–Kier alpha value is -2.36. The Bertz CT molecular complexity index is 868. The fourth-order valence-electron chi connectivity index (χ4n) is 3.33. The number of halogens is 1. The normalized spacial score (nSPS) is 11.2. The number of benzene rings is 1. The number of nitrogens with one attached hydrogen (secondary N) is 1. The number of aromatic nitrogens is 2. The van der Waals surface area contributed by atoms with E-state index in [0.29, 0.717) is 12.5 Å². The lowest BCUT2D eigenvalue weighted by molar-refractivity contribution is 0.313. The molecule has 0 saturated carbocycles. The largest absolute Gasteiger partial charge is 0.476 e. The molecule has 0 bridgehead atoms. The number of pyridine rings is 1. The van der Waals surface area contributed by atoms with Crippen LogP contribution in [0.25, 0.3) is 10.9 Å². The fourth-order valence-corrected chi connectivity index (χ4v) is 3.33. The van der Waals surface area contributed by atoms with Gasteiger partial charge < -0.3 is 9.72 Å². The molecule has 0 spiro atoms. The average molecular weight is 354 g/mol. The molecule has 26 heavy (non-hydrogen) atoms. The maximum atomic E-state index is 13.0. The third kappa shape index (κ3) is 4.06. The Morgan fingerprint density at radius 3 is 2.58 bits per heavy atom. The van der Waals surface area contributed by atoms with E-state index in [0.717, 1.165) is 29.6 Å². The Kier molecular flexibility index (Phi) is 5.92. The van der Waals surface area contributed by atoms with E-state index in [1.54, 1.807) is 12.1 Å². The summed E-state index contributed by atoms with van der Waals surface area (Å²) in [6, 6.07) is 6.55. The van der Waals surface area contributed by atoms with E-state index in [2.05, 4.69) is 30.7 Å². The summed E-state index contributed by atoms with van der Waals surface area (Å²) in [5.41, 5.74) is 5.78. The Balaban J connectivity index is 1.77. The van der Waals surface area contributed by atoms with Crippen molar-refractivity contribution in [2.24, 2.45) is 0 Å². The molecule has 0 aliphatic heterocycles. The van der Waals surface area contributed by atoms with Gasteiger partial charge in [0, 0.05) is 23.7 Å². The van der Waals surface area contributed by atoms with Crippen LogP contribution in [0.1, 0.15) is 48.6 Å². The van der Waals surface area contributed by atoms with Crippen LogP contribution >= 0.6 is 0 Å². The third-order valence-electron chi connectivity index (χ3n) is 4.97. The van der Waals surface area contributed by atoms with Crippen molar-refractivity contribution in [2.45, 2.75) is 52.9 Å². The zero-order valence-corrected chi connectivity index (χ0v) is 15.9. The number of unbranched alkanes of at least 4 members (excludes halogenated alkanes) is 2. The lowest BCUT2D eigenvalue weighted by atomic mass is 10.0. The molecule has 0 saturated heterocycles. The van der Waals surface area contributed by atoms with Crippen molar-refractivity contribution in [3.63, 3.8) is 0 Å². The second-order valence-electron chi connectivity index (χ2n) is 6.90. The molecule has 0 aliphatic carbocycles. The zero-order valence-electron chi connectivity index (χ0n) is 15.9. The van der Waals surface area contributed by atoms with Crippen molar-refractivity contribution < 1.29 is 9.13 Å². The molecule has 3 nitrogen and oxygen atoms in total. The highest BCUT2D eigenvalue weighted by molar-refractivity contribution is 5.90. The maximum absolute atomic E-state index is 13.0. The van der Waals surface area contributed by atoms with Gasteiger partial charge >= 0.3 is 0 Å². The molecule has 0 atom stereocenters. The number of rotatable bonds is 8. The maximum Gasteiger partial charge on any atom is 0.238 e. The van der Waals surface area contributed by atoms with Crippen LogP contribution in [-0.4, -0.2) is 16.6 Å². The molecule has 3 rings (SSSR count). The van der Waals surface area contributed by atoms with Crippen molar-refractivity contribution in [1.82, 2.24) is 9.97 Å². The van der Waals surface area contributed by atoms with E-state index >= 15 is 0 Å². The van der Waals surface area contributed by atoms with Gasteiger partial charge in [-0.25, -0.2) is 9.37 Å². The second kappa shape index (κ2) is 8.35. The van der Waals surface area contributed by atoms with Crippen molar-refractivity contribution >= 4 is 10.9 Å². The summed E-state index contributed by atoms with van der Waals surface area (Å²) < 4.78 is 19.0. The predicted molar refractivity (Wildman–Crippen MR) is 104 cm³/mol. The summed E-state index contributed by atoms with van der Waals surface area (Å²) in [6.07, 6.45) is 7.37. The van der Waals surface area contributed by atoms with Gasteiger partial charge in [-0.05, 0) is 55.5 Å². The van der Waals surface area contributed by atoms with Gasteiger partial charge in [0.05, 0.1) is 6.61 Å². The average Bonchev–Trinajstić information content (AvgIpc) is 2.94. The number of hydrogen-bond donors (Lipinski definition) is 1. The summed E-state index contributed by atoms with van der Waals surface area (Å²) in [5, 5.41) is 1.25. The Morgan fingerprint density at radius 2 is 1.85 bits per heavy atom. The van der Waals surface area contributed by atoms with Crippen molar-refractivity contribution in [3.8, 4) is 5.88 Å². The van der Waals surface area contributed by atoms with Crippen LogP contribution in [0.15, 0.2) is 30.5 Å².